The third kappa shape index (κ3) is 1.88. The summed E-state index contributed by atoms with van der Waals surface area (Å²) >= 11 is 0. The van der Waals surface area contributed by atoms with Gasteiger partial charge in [-0.05, 0) is 18.8 Å². The van der Waals surface area contributed by atoms with Gasteiger partial charge in [-0.1, -0.05) is 19.3 Å². The number of nitrogens with one attached hydrogen (secondary N) is 1. The average Bonchev–Trinajstić information content (AvgIpc) is 2.71. The molecule has 0 unspecified atom stereocenters. The average molecular weight is 181 g/mol. The number of aromatic amines is 1. The molecule has 13 heavy (non-hydrogen) atoms. The van der Waals surface area contributed by atoms with Gasteiger partial charge in [0.1, 0.15) is 12.4 Å². The second-order valence-corrected chi connectivity index (χ2v) is 3.71. The molecule has 0 aliphatic heterocycles. The lowest BCUT2D eigenvalue weighted by Crippen LogP contribution is -2.17. The van der Waals surface area contributed by atoms with Crippen LogP contribution in [0.3, 0.4) is 0 Å². The van der Waals surface area contributed by atoms with Crippen molar-refractivity contribution in [2.75, 3.05) is 0 Å². The summed E-state index contributed by atoms with van der Waals surface area (Å²) in [7, 11) is 0. The second-order valence-electron chi connectivity index (χ2n) is 3.71. The van der Waals surface area contributed by atoms with Gasteiger partial charge in [-0.15, -0.1) is 0 Å². The van der Waals surface area contributed by atoms with Crippen LogP contribution in [0.2, 0.25) is 0 Å². The number of hydrogen-bond acceptors (Lipinski definition) is 3. The topological polar surface area (TPSA) is 61.8 Å². The molecule has 4 heteroatoms. The Kier molecular flexibility index (Phi) is 2.59. The monoisotopic (exact) mass is 181 g/mol. The molecule has 2 rings (SSSR count). The van der Waals surface area contributed by atoms with E-state index in [1.165, 1.54) is 25.6 Å². The molecular weight excluding hydrogens is 166 g/mol. The lowest BCUT2D eigenvalue weighted by Gasteiger charge is -2.24. The Labute approximate surface area is 77.4 Å². The second kappa shape index (κ2) is 3.87. The summed E-state index contributed by atoms with van der Waals surface area (Å²) in [5, 5.41) is 16.4. The fourth-order valence-electron chi connectivity index (χ4n) is 2.03. The zero-order valence-electron chi connectivity index (χ0n) is 7.61. The smallest absolute Gasteiger partial charge is 0.153 e. The first-order valence-electron chi connectivity index (χ1n) is 4.91. The Morgan fingerprint density at radius 3 is 2.77 bits per heavy atom. The number of H-pyrrole nitrogens is 1. The van der Waals surface area contributed by atoms with Crippen LogP contribution in [0.4, 0.5) is 0 Å². The first-order chi connectivity index (χ1) is 6.38. The van der Waals surface area contributed by atoms with Crippen molar-refractivity contribution >= 4 is 0 Å². The predicted octanol–water partition coefficient (Wildman–Crippen LogP) is 1.42. The quantitative estimate of drug-likeness (QED) is 0.725. The van der Waals surface area contributed by atoms with Crippen molar-refractivity contribution in [1.29, 1.82) is 0 Å². The molecule has 2 N–H and O–H groups in total. The van der Waals surface area contributed by atoms with Gasteiger partial charge in [0.25, 0.3) is 0 Å². The van der Waals surface area contributed by atoms with E-state index in [2.05, 4.69) is 15.2 Å². The zero-order valence-corrected chi connectivity index (χ0v) is 7.61. The Morgan fingerprint density at radius 2 is 2.15 bits per heavy atom. The lowest BCUT2D eigenvalue weighted by molar-refractivity contribution is 0.0774. The fraction of sp³-hybridized carbons (Fsp3) is 0.778. The van der Waals surface area contributed by atoms with Crippen molar-refractivity contribution in [3.63, 3.8) is 0 Å². The van der Waals surface area contributed by atoms with Crippen LogP contribution in [0.25, 0.3) is 0 Å². The summed E-state index contributed by atoms with van der Waals surface area (Å²) in [6.07, 6.45) is 7.00. The molecule has 1 saturated carbocycles. The number of rotatable bonds is 2. The number of aliphatic hydroxyl groups excluding tert-OH is 1. The molecule has 4 nitrogen and oxygen atoms in total. The molecule has 72 valence electrons. The molecule has 1 aromatic heterocycles. The van der Waals surface area contributed by atoms with Gasteiger partial charge < -0.3 is 5.11 Å². The summed E-state index contributed by atoms with van der Waals surface area (Å²) in [6, 6.07) is 0. The Bertz CT molecular complexity index is 241. The Morgan fingerprint density at radius 1 is 1.38 bits per heavy atom. The van der Waals surface area contributed by atoms with E-state index < -0.39 is 6.10 Å². The van der Waals surface area contributed by atoms with Gasteiger partial charge in [0.05, 0.1) is 0 Å². The molecular formula is C9H15N3O. The van der Waals surface area contributed by atoms with Crippen molar-refractivity contribution < 1.29 is 5.11 Å². The van der Waals surface area contributed by atoms with Gasteiger partial charge in [0.2, 0.25) is 0 Å². The van der Waals surface area contributed by atoms with Crippen LogP contribution in [0, 0.1) is 5.92 Å². The van der Waals surface area contributed by atoms with Gasteiger partial charge in [-0.3, -0.25) is 5.10 Å². The molecule has 0 bridgehead atoms. The molecule has 1 aliphatic carbocycles. The number of aliphatic hydroxyl groups is 1. The predicted molar refractivity (Wildman–Crippen MR) is 47.9 cm³/mol. The Hall–Kier alpha value is -0.900. The largest absolute Gasteiger partial charge is 0.385 e. The minimum atomic E-state index is -0.442. The maximum absolute atomic E-state index is 9.90. The van der Waals surface area contributed by atoms with E-state index >= 15 is 0 Å². The van der Waals surface area contributed by atoms with Crippen LogP contribution >= 0.6 is 0 Å². The Balaban J connectivity index is 1.99. The maximum atomic E-state index is 9.90. The van der Waals surface area contributed by atoms with Crippen LogP contribution in [-0.2, 0) is 0 Å². The van der Waals surface area contributed by atoms with E-state index in [0.29, 0.717) is 11.7 Å². The summed E-state index contributed by atoms with van der Waals surface area (Å²) in [5.41, 5.74) is 0. The number of aromatic nitrogens is 3. The zero-order chi connectivity index (χ0) is 9.10. The van der Waals surface area contributed by atoms with E-state index in [9.17, 15) is 5.11 Å². The summed E-state index contributed by atoms with van der Waals surface area (Å²) in [6.45, 7) is 0. The highest BCUT2D eigenvalue weighted by molar-refractivity contribution is 4.90. The summed E-state index contributed by atoms with van der Waals surface area (Å²) < 4.78 is 0. The molecule has 1 fully saturated rings. The van der Waals surface area contributed by atoms with E-state index in [1.807, 2.05) is 0 Å². The van der Waals surface area contributed by atoms with Gasteiger partial charge in [-0.25, -0.2) is 4.98 Å². The number of nitrogens with zero attached hydrogens (tertiary/aromatic N) is 2. The molecule has 0 aromatic carbocycles. The van der Waals surface area contributed by atoms with Gasteiger partial charge in [-0.2, -0.15) is 5.10 Å². The van der Waals surface area contributed by atoms with Crippen LogP contribution in [0.1, 0.15) is 44.0 Å². The molecule has 1 aromatic rings. The molecule has 0 spiro atoms. The molecule has 1 atom stereocenters. The minimum Gasteiger partial charge on any atom is -0.385 e. The third-order valence-electron chi connectivity index (χ3n) is 2.81. The van der Waals surface area contributed by atoms with E-state index in [0.717, 1.165) is 12.8 Å². The summed E-state index contributed by atoms with van der Waals surface area (Å²) in [4.78, 5) is 3.97. The highest BCUT2D eigenvalue weighted by atomic mass is 16.3. The van der Waals surface area contributed by atoms with Crippen molar-refractivity contribution in [2.45, 2.75) is 38.2 Å². The SMILES string of the molecule is O[C@H](c1ncn[nH]1)C1CCCCC1. The van der Waals surface area contributed by atoms with Gasteiger partial charge in [0, 0.05) is 0 Å². The van der Waals surface area contributed by atoms with Crippen molar-refractivity contribution in [2.24, 2.45) is 5.92 Å². The van der Waals surface area contributed by atoms with Crippen LogP contribution in [-0.4, -0.2) is 20.3 Å². The van der Waals surface area contributed by atoms with Crippen molar-refractivity contribution in [3.8, 4) is 0 Å². The highest BCUT2D eigenvalue weighted by Gasteiger charge is 2.24. The fourth-order valence-corrected chi connectivity index (χ4v) is 2.03. The van der Waals surface area contributed by atoms with Gasteiger partial charge in [0.15, 0.2) is 5.82 Å². The van der Waals surface area contributed by atoms with Crippen LogP contribution in [0.15, 0.2) is 6.33 Å². The minimum absolute atomic E-state index is 0.377. The van der Waals surface area contributed by atoms with E-state index in [-0.39, 0.29) is 0 Å². The van der Waals surface area contributed by atoms with Crippen molar-refractivity contribution in [1.82, 2.24) is 15.2 Å². The standard InChI is InChI=1S/C9H15N3O/c13-8(9-10-6-11-12-9)7-4-2-1-3-5-7/h6-8,13H,1-5H2,(H,10,11,12)/t8-/m0/s1. The molecule has 1 heterocycles. The van der Waals surface area contributed by atoms with Crippen molar-refractivity contribution in [3.05, 3.63) is 12.2 Å². The molecule has 0 amide bonds. The number of hydrogen-bond donors (Lipinski definition) is 2. The lowest BCUT2D eigenvalue weighted by atomic mass is 9.85. The third-order valence-corrected chi connectivity index (χ3v) is 2.81. The van der Waals surface area contributed by atoms with Crippen LogP contribution in [0.5, 0.6) is 0 Å². The normalized spacial score (nSPS) is 21.6. The molecule has 0 radical (unpaired) electrons. The first kappa shape index (κ1) is 8.69. The van der Waals surface area contributed by atoms with Gasteiger partial charge >= 0.3 is 0 Å². The summed E-state index contributed by atoms with van der Waals surface area (Å²) in [5.74, 6) is 0.994. The van der Waals surface area contributed by atoms with Crippen LogP contribution < -0.4 is 0 Å². The molecule has 0 saturated heterocycles. The maximum Gasteiger partial charge on any atom is 0.153 e. The molecule has 1 aliphatic rings. The van der Waals surface area contributed by atoms with E-state index in [1.54, 1.807) is 0 Å². The first-order valence-corrected chi connectivity index (χ1v) is 4.91. The highest BCUT2D eigenvalue weighted by Crippen LogP contribution is 2.32. The van der Waals surface area contributed by atoms with E-state index in [4.69, 9.17) is 0 Å².